The molecule has 2 aromatic carbocycles. The lowest BCUT2D eigenvalue weighted by atomic mass is 10.3. The summed E-state index contributed by atoms with van der Waals surface area (Å²) in [6.45, 7) is 2.35. The molecule has 0 bridgehead atoms. The highest BCUT2D eigenvalue weighted by molar-refractivity contribution is 7.99. The van der Waals surface area contributed by atoms with Crippen LogP contribution in [-0.2, 0) is 4.79 Å². The van der Waals surface area contributed by atoms with E-state index in [0.717, 1.165) is 23.9 Å². The van der Waals surface area contributed by atoms with Crippen molar-refractivity contribution < 1.29 is 18.3 Å². The molecule has 0 spiro atoms. The van der Waals surface area contributed by atoms with E-state index in [1.54, 1.807) is 12.1 Å². The molecule has 3 aromatic rings. The molecule has 140 valence electrons. The summed E-state index contributed by atoms with van der Waals surface area (Å²) in [5.74, 6) is -1.49. The molecule has 0 aliphatic carbocycles. The summed E-state index contributed by atoms with van der Waals surface area (Å²) in [6.07, 6.45) is 0. The highest BCUT2D eigenvalue weighted by Crippen LogP contribution is 2.26. The van der Waals surface area contributed by atoms with Gasteiger partial charge in [-0.15, -0.1) is 5.10 Å². The van der Waals surface area contributed by atoms with Gasteiger partial charge in [-0.2, -0.15) is 4.68 Å². The van der Waals surface area contributed by atoms with Gasteiger partial charge in [-0.3, -0.25) is 4.79 Å². The number of benzene rings is 2. The summed E-state index contributed by atoms with van der Waals surface area (Å²) in [7, 11) is 0. The summed E-state index contributed by atoms with van der Waals surface area (Å²) in [5.41, 5.74) is 0.542. The molecular formula is C17H15F2N5O2S. The first kappa shape index (κ1) is 18.8. The van der Waals surface area contributed by atoms with Crippen LogP contribution >= 0.6 is 11.8 Å². The molecule has 1 N–H and O–H groups in total. The minimum absolute atomic E-state index is 0.0615. The number of carbonyl (C=O) groups is 1. The van der Waals surface area contributed by atoms with Gasteiger partial charge in [0, 0.05) is 6.07 Å². The van der Waals surface area contributed by atoms with Crippen LogP contribution in [-0.4, -0.2) is 38.5 Å². The monoisotopic (exact) mass is 391 g/mol. The molecule has 27 heavy (non-hydrogen) atoms. The predicted molar refractivity (Wildman–Crippen MR) is 96.0 cm³/mol. The van der Waals surface area contributed by atoms with E-state index in [0.29, 0.717) is 29.3 Å². The van der Waals surface area contributed by atoms with Crippen LogP contribution < -0.4 is 10.1 Å². The molecule has 10 heteroatoms. The lowest BCUT2D eigenvalue weighted by Crippen LogP contribution is -2.15. The summed E-state index contributed by atoms with van der Waals surface area (Å²) in [4.78, 5) is 12.1. The maximum atomic E-state index is 13.6. The lowest BCUT2D eigenvalue weighted by Gasteiger charge is -2.10. The molecule has 1 aromatic heterocycles. The van der Waals surface area contributed by atoms with Gasteiger partial charge in [0.1, 0.15) is 23.1 Å². The summed E-state index contributed by atoms with van der Waals surface area (Å²) >= 11 is 1.07. The summed E-state index contributed by atoms with van der Waals surface area (Å²) in [5, 5.41) is 14.2. The molecule has 0 fully saturated rings. The zero-order chi connectivity index (χ0) is 19.2. The molecule has 3 rings (SSSR count). The van der Waals surface area contributed by atoms with Gasteiger partial charge in [0.15, 0.2) is 0 Å². The van der Waals surface area contributed by atoms with Crippen LogP contribution in [0.25, 0.3) is 5.69 Å². The number of carbonyl (C=O) groups excluding carboxylic acids is 1. The van der Waals surface area contributed by atoms with Gasteiger partial charge in [-0.25, -0.2) is 8.78 Å². The Bertz CT molecular complexity index is 951. The topological polar surface area (TPSA) is 81.9 Å². The van der Waals surface area contributed by atoms with E-state index >= 15 is 0 Å². The Kier molecular flexibility index (Phi) is 5.97. The third kappa shape index (κ3) is 4.59. The van der Waals surface area contributed by atoms with Crippen LogP contribution in [0.4, 0.5) is 14.5 Å². The number of anilines is 1. The van der Waals surface area contributed by atoms with Gasteiger partial charge in [0.2, 0.25) is 11.1 Å². The third-order valence-corrected chi connectivity index (χ3v) is 4.29. The Morgan fingerprint density at radius 1 is 1.26 bits per heavy atom. The maximum Gasteiger partial charge on any atom is 0.234 e. The SMILES string of the molecule is CCOc1ccccc1-n1nnnc1SCC(=O)Nc1ccc(F)cc1F. The van der Waals surface area contributed by atoms with Crippen molar-refractivity contribution in [2.45, 2.75) is 12.1 Å². The second-order valence-electron chi connectivity index (χ2n) is 5.24. The van der Waals surface area contributed by atoms with Gasteiger partial charge in [-0.05, 0) is 41.6 Å². The van der Waals surface area contributed by atoms with Gasteiger partial charge in [-0.1, -0.05) is 23.9 Å². The van der Waals surface area contributed by atoms with Gasteiger partial charge in [0.05, 0.1) is 18.0 Å². The average Bonchev–Trinajstić information content (AvgIpc) is 3.11. The number of hydrogen-bond acceptors (Lipinski definition) is 6. The fourth-order valence-corrected chi connectivity index (χ4v) is 2.92. The van der Waals surface area contributed by atoms with E-state index < -0.39 is 17.5 Å². The minimum atomic E-state index is -0.844. The second kappa shape index (κ2) is 8.58. The minimum Gasteiger partial charge on any atom is -0.492 e. The van der Waals surface area contributed by atoms with Crippen molar-refractivity contribution in [1.82, 2.24) is 20.2 Å². The molecule has 0 radical (unpaired) electrons. The first-order valence-electron chi connectivity index (χ1n) is 7.96. The van der Waals surface area contributed by atoms with Crippen molar-refractivity contribution >= 4 is 23.4 Å². The third-order valence-electron chi connectivity index (χ3n) is 3.37. The van der Waals surface area contributed by atoms with Crippen LogP contribution in [0.5, 0.6) is 5.75 Å². The number of ether oxygens (including phenoxy) is 1. The maximum absolute atomic E-state index is 13.6. The van der Waals surface area contributed by atoms with Gasteiger partial charge < -0.3 is 10.1 Å². The van der Waals surface area contributed by atoms with Crippen molar-refractivity contribution in [1.29, 1.82) is 0 Å². The molecule has 0 unspecified atom stereocenters. The van der Waals surface area contributed by atoms with E-state index in [1.165, 1.54) is 4.68 Å². The zero-order valence-corrected chi connectivity index (χ0v) is 15.0. The van der Waals surface area contributed by atoms with Crippen LogP contribution in [0.3, 0.4) is 0 Å². The lowest BCUT2D eigenvalue weighted by molar-refractivity contribution is -0.113. The van der Waals surface area contributed by atoms with Crippen molar-refractivity contribution in [3.8, 4) is 11.4 Å². The van der Waals surface area contributed by atoms with E-state index in [-0.39, 0.29) is 11.4 Å². The van der Waals surface area contributed by atoms with E-state index in [4.69, 9.17) is 4.74 Å². The Labute approximate surface area is 157 Å². The molecule has 0 atom stereocenters. The smallest absolute Gasteiger partial charge is 0.234 e. The standard InChI is InChI=1S/C17H15F2N5O2S/c1-2-26-15-6-4-3-5-14(15)24-17(21-22-23-24)27-10-16(25)20-13-8-7-11(18)9-12(13)19/h3-9H,2,10H2,1H3,(H,20,25). The fourth-order valence-electron chi connectivity index (χ4n) is 2.24. The zero-order valence-electron chi connectivity index (χ0n) is 14.2. The highest BCUT2D eigenvalue weighted by atomic mass is 32.2. The van der Waals surface area contributed by atoms with Crippen LogP contribution in [0.15, 0.2) is 47.6 Å². The van der Waals surface area contributed by atoms with Crippen LogP contribution in [0.1, 0.15) is 6.92 Å². The number of rotatable bonds is 7. The second-order valence-corrected chi connectivity index (χ2v) is 6.18. The quantitative estimate of drug-likeness (QED) is 0.624. The van der Waals surface area contributed by atoms with E-state index in [9.17, 15) is 13.6 Å². The summed E-state index contributed by atoms with van der Waals surface area (Å²) < 4.78 is 33.6. The van der Waals surface area contributed by atoms with Crippen LogP contribution in [0, 0.1) is 11.6 Å². The first-order valence-corrected chi connectivity index (χ1v) is 8.95. The number of nitrogens with one attached hydrogen (secondary N) is 1. The van der Waals surface area contributed by atoms with Crippen LogP contribution in [0.2, 0.25) is 0 Å². The number of halogens is 2. The largest absolute Gasteiger partial charge is 0.492 e. The molecule has 7 nitrogen and oxygen atoms in total. The van der Waals surface area contributed by atoms with Gasteiger partial charge in [0.25, 0.3) is 0 Å². The highest BCUT2D eigenvalue weighted by Gasteiger charge is 2.15. The van der Waals surface area contributed by atoms with Gasteiger partial charge >= 0.3 is 0 Å². The summed E-state index contributed by atoms with van der Waals surface area (Å²) in [6, 6.07) is 10.2. The normalized spacial score (nSPS) is 10.6. The van der Waals surface area contributed by atoms with Crippen molar-refractivity contribution in [2.24, 2.45) is 0 Å². The molecule has 0 saturated heterocycles. The van der Waals surface area contributed by atoms with Crippen molar-refractivity contribution in [3.05, 3.63) is 54.1 Å². The number of tetrazole rings is 1. The van der Waals surface area contributed by atoms with Crippen molar-refractivity contribution in [2.75, 3.05) is 17.7 Å². The van der Waals surface area contributed by atoms with Crippen molar-refractivity contribution in [3.63, 3.8) is 0 Å². The molecule has 1 heterocycles. The Morgan fingerprint density at radius 2 is 2.07 bits per heavy atom. The number of nitrogens with zero attached hydrogens (tertiary/aromatic N) is 4. The number of thioether (sulfide) groups is 1. The van der Waals surface area contributed by atoms with E-state index in [1.807, 2.05) is 19.1 Å². The molecule has 0 aliphatic heterocycles. The number of para-hydroxylation sites is 2. The fraction of sp³-hybridized carbons (Fsp3) is 0.176. The molecule has 1 amide bonds. The number of aromatic nitrogens is 4. The number of hydrogen-bond donors (Lipinski definition) is 1. The molecule has 0 aliphatic rings. The Hall–Kier alpha value is -3.01. The molecular weight excluding hydrogens is 376 g/mol. The van der Waals surface area contributed by atoms with E-state index in [2.05, 4.69) is 20.8 Å². The Morgan fingerprint density at radius 3 is 2.85 bits per heavy atom. The first-order chi connectivity index (χ1) is 13.1. The molecule has 0 saturated carbocycles. The average molecular weight is 391 g/mol. The number of amides is 1. The Balaban J connectivity index is 1.69. The predicted octanol–water partition coefficient (Wildman–Crippen LogP) is 3.07.